The highest BCUT2D eigenvalue weighted by molar-refractivity contribution is 7.89. The molecular weight excluding hydrogens is 444 g/mol. The zero-order valence-corrected chi connectivity index (χ0v) is 19.4. The maximum atomic E-state index is 13.6. The van der Waals surface area contributed by atoms with Crippen LogP contribution in [-0.4, -0.2) is 17.7 Å². The SMILES string of the molecule is Cc1ccc2cc(CN(Cc3ccccc3)S(=O)(=O)c3ccccc3Cl)c(=O)[nH]c2c1C. The number of rotatable bonds is 6. The molecule has 0 radical (unpaired) electrons. The van der Waals surface area contributed by atoms with Crippen molar-refractivity contribution < 1.29 is 8.42 Å². The fourth-order valence-electron chi connectivity index (χ4n) is 3.68. The highest BCUT2D eigenvalue weighted by atomic mass is 35.5. The van der Waals surface area contributed by atoms with Gasteiger partial charge in [0.2, 0.25) is 10.0 Å². The summed E-state index contributed by atoms with van der Waals surface area (Å²) in [6.07, 6.45) is 0. The van der Waals surface area contributed by atoms with Gasteiger partial charge in [-0.25, -0.2) is 8.42 Å². The van der Waals surface area contributed by atoms with Crippen LogP contribution < -0.4 is 5.56 Å². The minimum atomic E-state index is -3.96. The molecule has 0 aliphatic rings. The zero-order valence-electron chi connectivity index (χ0n) is 17.8. The maximum Gasteiger partial charge on any atom is 0.252 e. The number of benzene rings is 3. The van der Waals surface area contributed by atoms with Crippen molar-refractivity contribution in [2.75, 3.05) is 0 Å². The van der Waals surface area contributed by atoms with Crippen molar-refractivity contribution in [1.82, 2.24) is 9.29 Å². The molecule has 0 unspecified atom stereocenters. The van der Waals surface area contributed by atoms with Crippen molar-refractivity contribution in [3.8, 4) is 0 Å². The van der Waals surface area contributed by atoms with Gasteiger partial charge in [0.1, 0.15) is 4.90 Å². The normalized spacial score (nSPS) is 11.9. The number of aryl methyl sites for hydroxylation is 2. The number of hydrogen-bond acceptors (Lipinski definition) is 3. The van der Waals surface area contributed by atoms with Gasteiger partial charge in [-0.05, 0) is 54.1 Å². The van der Waals surface area contributed by atoms with Crippen LogP contribution in [0.3, 0.4) is 0 Å². The van der Waals surface area contributed by atoms with Gasteiger partial charge in [-0.1, -0.05) is 66.2 Å². The van der Waals surface area contributed by atoms with Crippen LogP contribution in [0.25, 0.3) is 10.9 Å². The minimum Gasteiger partial charge on any atom is -0.321 e. The van der Waals surface area contributed by atoms with Gasteiger partial charge in [0.05, 0.1) is 10.5 Å². The average Bonchev–Trinajstić information content (AvgIpc) is 2.78. The molecule has 0 bridgehead atoms. The molecule has 0 atom stereocenters. The van der Waals surface area contributed by atoms with Crippen LogP contribution in [0.5, 0.6) is 0 Å². The number of H-pyrrole nitrogens is 1. The summed E-state index contributed by atoms with van der Waals surface area (Å²) in [6, 6.07) is 21.3. The predicted octanol–water partition coefficient (Wildman–Crippen LogP) is 5.19. The van der Waals surface area contributed by atoms with E-state index in [0.717, 1.165) is 27.6 Å². The number of pyridine rings is 1. The quantitative estimate of drug-likeness (QED) is 0.425. The van der Waals surface area contributed by atoms with E-state index in [1.54, 1.807) is 24.3 Å². The highest BCUT2D eigenvalue weighted by Crippen LogP contribution is 2.27. The van der Waals surface area contributed by atoms with Gasteiger partial charge in [-0.2, -0.15) is 4.31 Å². The Bertz CT molecular complexity index is 1450. The molecule has 0 amide bonds. The van der Waals surface area contributed by atoms with Crippen LogP contribution >= 0.6 is 11.6 Å². The second-order valence-electron chi connectivity index (χ2n) is 7.78. The molecule has 4 aromatic rings. The third-order valence-corrected chi connectivity index (χ3v) is 7.92. The Morgan fingerprint density at radius 3 is 2.31 bits per heavy atom. The summed E-state index contributed by atoms with van der Waals surface area (Å²) in [7, 11) is -3.96. The van der Waals surface area contributed by atoms with Crippen molar-refractivity contribution in [1.29, 1.82) is 0 Å². The number of hydrogen-bond donors (Lipinski definition) is 1. The molecule has 1 heterocycles. The lowest BCUT2D eigenvalue weighted by atomic mass is 10.0. The molecule has 3 aromatic carbocycles. The van der Waals surface area contributed by atoms with E-state index in [2.05, 4.69) is 4.98 Å². The monoisotopic (exact) mass is 466 g/mol. The maximum absolute atomic E-state index is 13.6. The first-order valence-corrected chi connectivity index (χ1v) is 12.0. The van der Waals surface area contributed by atoms with E-state index >= 15 is 0 Å². The Morgan fingerprint density at radius 2 is 1.59 bits per heavy atom. The summed E-state index contributed by atoms with van der Waals surface area (Å²) in [6.45, 7) is 3.97. The standard InChI is InChI=1S/C25H23ClN2O3S/c1-17-12-13-20-14-21(25(29)27-24(20)18(17)2)16-28(15-19-8-4-3-5-9-19)32(30,31)23-11-7-6-10-22(23)26/h3-14H,15-16H2,1-2H3,(H,27,29). The Labute approximate surface area is 192 Å². The Balaban J connectivity index is 1.81. The van der Waals surface area contributed by atoms with Crippen molar-refractivity contribution in [2.24, 2.45) is 0 Å². The third-order valence-electron chi connectivity index (χ3n) is 5.63. The number of fused-ring (bicyclic) bond motifs is 1. The molecule has 0 fully saturated rings. The number of nitrogens with one attached hydrogen (secondary N) is 1. The lowest BCUT2D eigenvalue weighted by molar-refractivity contribution is 0.400. The molecule has 0 aliphatic carbocycles. The lowest BCUT2D eigenvalue weighted by Crippen LogP contribution is -2.32. The van der Waals surface area contributed by atoms with Crippen LogP contribution in [0, 0.1) is 13.8 Å². The first kappa shape index (κ1) is 22.3. The number of sulfonamides is 1. The van der Waals surface area contributed by atoms with Crippen LogP contribution in [0.1, 0.15) is 22.3 Å². The summed E-state index contributed by atoms with van der Waals surface area (Å²) >= 11 is 6.23. The van der Waals surface area contributed by atoms with Gasteiger partial charge in [0, 0.05) is 18.7 Å². The van der Waals surface area contributed by atoms with Gasteiger partial charge >= 0.3 is 0 Å². The molecule has 164 valence electrons. The van der Waals surface area contributed by atoms with E-state index in [-0.39, 0.29) is 28.6 Å². The van der Waals surface area contributed by atoms with Crippen LogP contribution in [0.4, 0.5) is 0 Å². The summed E-state index contributed by atoms with van der Waals surface area (Å²) in [5.74, 6) is 0. The summed E-state index contributed by atoms with van der Waals surface area (Å²) in [5, 5.41) is 1.00. The number of nitrogens with zero attached hydrogens (tertiary/aromatic N) is 1. The van der Waals surface area contributed by atoms with E-state index in [9.17, 15) is 13.2 Å². The topological polar surface area (TPSA) is 70.2 Å². The molecule has 0 spiro atoms. The number of halogens is 1. The summed E-state index contributed by atoms with van der Waals surface area (Å²) < 4.78 is 28.4. The third kappa shape index (κ3) is 4.35. The smallest absolute Gasteiger partial charge is 0.252 e. The fraction of sp³-hybridized carbons (Fsp3) is 0.160. The number of aromatic amines is 1. The van der Waals surface area contributed by atoms with E-state index in [1.807, 2.05) is 56.3 Å². The first-order chi connectivity index (χ1) is 15.3. The Kier molecular flexibility index (Phi) is 6.20. The fourth-order valence-corrected chi connectivity index (χ4v) is 5.58. The molecular formula is C25H23ClN2O3S. The van der Waals surface area contributed by atoms with E-state index in [0.29, 0.717) is 5.56 Å². The zero-order chi connectivity index (χ0) is 22.9. The molecule has 4 rings (SSSR count). The van der Waals surface area contributed by atoms with Gasteiger partial charge < -0.3 is 4.98 Å². The van der Waals surface area contributed by atoms with Gasteiger partial charge in [-0.3, -0.25) is 4.79 Å². The lowest BCUT2D eigenvalue weighted by Gasteiger charge is -2.23. The number of aromatic nitrogens is 1. The molecule has 0 saturated carbocycles. The summed E-state index contributed by atoms with van der Waals surface area (Å²) in [5.41, 5.74) is 3.71. The van der Waals surface area contributed by atoms with E-state index in [1.165, 1.54) is 10.4 Å². The van der Waals surface area contributed by atoms with E-state index < -0.39 is 10.0 Å². The second-order valence-corrected chi connectivity index (χ2v) is 10.1. The second kappa shape index (κ2) is 8.90. The van der Waals surface area contributed by atoms with Crippen molar-refractivity contribution in [2.45, 2.75) is 31.8 Å². The van der Waals surface area contributed by atoms with Crippen molar-refractivity contribution in [3.63, 3.8) is 0 Å². The van der Waals surface area contributed by atoms with Crippen LogP contribution in [0.2, 0.25) is 5.02 Å². The highest BCUT2D eigenvalue weighted by Gasteiger charge is 2.28. The molecule has 0 aliphatic heterocycles. The molecule has 7 heteroatoms. The summed E-state index contributed by atoms with van der Waals surface area (Å²) in [4.78, 5) is 15.9. The molecule has 1 aromatic heterocycles. The van der Waals surface area contributed by atoms with Crippen LogP contribution in [0.15, 0.2) is 82.5 Å². The Morgan fingerprint density at radius 1 is 0.906 bits per heavy atom. The first-order valence-electron chi connectivity index (χ1n) is 10.2. The minimum absolute atomic E-state index is 0.0151. The van der Waals surface area contributed by atoms with Crippen molar-refractivity contribution in [3.05, 3.63) is 110 Å². The molecule has 32 heavy (non-hydrogen) atoms. The largest absolute Gasteiger partial charge is 0.321 e. The van der Waals surface area contributed by atoms with Gasteiger partial charge in [0.25, 0.3) is 5.56 Å². The Hall–Kier alpha value is -2.93. The van der Waals surface area contributed by atoms with Crippen LogP contribution in [-0.2, 0) is 23.1 Å². The molecule has 1 N–H and O–H groups in total. The van der Waals surface area contributed by atoms with Gasteiger partial charge in [0.15, 0.2) is 0 Å². The average molecular weight is 467 g/mol. The van der Waals surface area contributed by atoms with Crippen molar-refractivity contribution >= 4 is 32.5 Å². The van der Waals surface area contributed by atoms with E-state index in [4.69, 9.17) is 11.6 Å². The van der Waals surface area contributed by atoms with Gasteiger partial charge in [-0.15, -0.1) is 0 Å². The molecule has 0 saturated heterocycles. The predicted molar refractivity (Wildman–Crippen MR) is 128 cm³/mol. The molecule has 5 nitrogen and oxygen atoms in total.